The Labute approximate surface area is 104 Å². The van der Waals surface area contributed by atoms with Crippen molar-refractivity contribution in [3.63, 3.8) is 0 Å². The number of halogens is 1. The molecule has 2 rings (SSSR count). The molecule has 0 fully saturated rings. The van der Waals surface area contributed by atoms with Gasteiger partial charge in [0.05, 0.1) is 4.90 Å². The summed E-state index contributed by atoms with van der Waals surface area (Å²) in [7, 11) is -4.14. The topological polar surface area (TPSA) is 54.4 Å². The summed E-state index contributed by atoms with van der Waals surface area (Å²) in [6.07, 6.45) is 0. The van der Waals surface area contributed by atoms with Crippen LogP contribution in [0.1, 0.15) is 0 Å². The van der Waals surface area contributed by atoms with Crippen LogP contribution in [0.25, 0.3) is 11.1 Å². The Balaban J connectivity index is 2.43. The lowest BCUT2D eigenvalue weighted by Crippen LogP contribution is -1.97. The van der Waals surface area contributed by atoms with Crippen LogP contribution in [-0.2, 0) is 10.1 Å². The summed E-state index contributed by atoms with van der Waals surface area (Å²) in [5.74, 6) is 0. The van der Waals surface area contributed by atoms with E-state index < -0.39 is 10.1 Å². The van der Waals surface area contributed by atoms with E-state index in [1.54, 1.807) is 24.3 Å². The second-order valence-corrected chi connectivity index (χ2v) is 5.37. The Bertz CT molecular complexity index is 633. The van der Waals surface area contributed by atoms with Gasteiger partial charge < -0.3 is 0 Å². The number of hydrogen-bond donors (Lipinski definition) is 1. The summed E-state index contributed by atoms with van der Waals surface area (Å²) in [6, 6.07) is 13.2. The Morgan fingerprint density at radius 1 is 0.941 bits per heavy atom. The smallest absolute Gasteiger partial charge is 0.282 e. The van der Waals surface area contributed by atoms with Crippen LogP contribution in [0.3, 0.4) is 0 Å². The predicted octanol–water partition coefficient (Wildman–Crippen LogP) is 3.25. The van der Waals surface area contributed by atoms with Crippen LogP contribution in [0.4, 0.5) is 0 Å². The molecule has 17 heavy (non-hydrogen) atoms. The molecule has 0 aromatic heterocycles. The third-order valence-corrected chi connectivity index (χ3v) is 3.41. The average molecular weight is 269 g/mol. The van der Waals surface area contributed by atoms with E-state index in [9.17, 15) is 8.42 Å². The molecule has 0 bridgehead atoms. The molecule has 1 N–H and O–H groups in total. The van der Waals surface area contributed by atoms with Crippen molar-refractivity contribution in [1.82, 2.24) is 0 Å². The van der Waals surface area contributed by atoms with Crippen LogP contribution in [0, 0.1) is 0 Å². The molecule has 0 spiro atoms. The molecule has 0 aliphatic heterocycles. The van der Waals surface area contributed by atoms with Crippen LogP contribution >= 0.6 is 11.6 Å². The molecule has 2 aromatic rings. The van der Waals surface area contributed by atoms with Crippen LogP contribution in [0.2, 0.25) is 5.02 Å². The first-order valence-corrected chi connectivity index (χ1v) is 6.62. The minimum atomic E-state index is -4.14. The Morgan fingerprint density at radius 2 is 1.59 bits per heavy atom. The largest absolute Gasteiger partial charge is 0.294 e. The Hall–Kier alpha value is -1.36. The van der Waals surface area contributed by atoms with E-state index in [0.29, 0.717) is 5.02 Å². The van der Waals surface area contributed by atoms with Gasteiger partial charge in [-0.25, -0.2) is 0 Å². The normalized spacial score (nSPS) is 11.4. The van der Waals surface area contributed by atoms with Crippen LogP contribution in [-0.4, -0.2) is 13.0 Å². The van der Waals surface area contributed by atoms with E-state index in [2.05, 4.69) is 0 Å². The van der Waals surface area contributed by atoms with Crippen molar-refractivity contribution in [3.8, 4) is 11.1 Å². The highest BCUT2D eigenvalue weighted by atomic mass is 35.5. The van der Waals surface area contributed by atoms with E-state index in [1.165, 1.54) is 12.1 Å². The van der Waals surface area contributed by atoms with Gasteiger partial charge in [0.1, 0.15) is 0 Å². The van der Waals surface area contributed by atoms with Crippen molar-refractivity contribution in [2.75, 3.05) is 0 Å². The van der Waals surface area contributed by atoms with E-state index >= 15 is 0 Å². The minimum Gasteiger partial charge on any atom is -0.282 e. The van der Waals surface area contributed by atoms with Crippen molar-refractivity contribution in [3.05, 3.63) is 53.6 Å². The molecule has 3 nitrogen and oxygen atoms in total. The molecule has 0 atom stereocenters. The number of hydrogen-bond acceptors (Lipinski definition) is 2. The maximum atomic E-state index is 10.9. The molecule has 0 saturated carbocycles. The fourth-order valence-electron chi connectivity index (χ4n) is 1.49. The van der Waals surface area contributed by atoms with Gasteiger partial charge in [-0.1, -0.05) is 35.9 Å². The van der Waals surface area contributed by atoms with Crippen molar-refractivity contribution >= 4 is 21.7 Å². The zero-order valence-corrected chi connectivity index (χ0v) is 10.2. The molecule has 0 aliphatic carbocycles. The number of rotatable bonds is 2. The van der Waals surface area contributed by atoms with Crippen molar-refractivity contribution < 1.29 is 13.0 Å². The minimum absolute atomic E-state index is 0.122. The first kappa shape index (κ1) is 12.1. The Kier molecular flexibility index (Phi) is 3.19. The van der Waals surface area contributed by atoms with E-state index in [-0.39, 0.29) is 4.90 Å². The number of benzene rings is 2. The molecule has 88 valence electrons. The van der Waals surface area contributed by atoms with E-state index in [4.69, 9.17) is 16.2 Å². The molecule has 0 saturated heterocycles. The van der Waals surface area contributed by atoms with E-state index in [1.807, 2.05) is 12.1 Å². The van der Waals surface area contributed by atoms with Gasteiger partial charge >= 0.3 is 0 Å². The van der Waals surface area contributed by atoms with E-state index in [0.717, 1.165) is 11.1 Å². The zero-order chi connectivity index (χ0) is 12.5. The highest BCUT2D eigenvalue weighted by molar-refractivity contribution is 7.85. The fourth-order valence-corrected chi connectivity index (χ4v) is 2.16. The monoisotopic (exact) mass is 268 g/mol. The second kappa shape index (κ2) is 4.49. The molecule has 2 aromatic carbocycles. The predicted molar refractivity (Wildman–Crippen MR) is 66.7 cm³/mol. The first-order valence-electron chi connectivity index (χ1n) is 4.80. The highest BCUT2D eigenvalue weighted by Crippen LogP contribution is 2.23. The molecule has 0 unspecified atom stereocenters. The van der Waals surface area contributed by atoms with Crippen LogP contribution in [0.5, 0.6) is 0 Å². The third kappa shape index (κ3) is 2.85. The molecule has 0 aliphatic rings. The SMILES string of the molecule is O=S(=O)(O)c1ccc(-c2cccc(Cl)c2)cc1. The summed E-state index contributed by atoms with van der Waals surface area (Å²) in [6.45, 7) is 0. The fraction of sp³-hybridized carbons (Fsp3) is 0. The van der Waals surface area contributed by atoms with Crippen LogP contribution in [0.15, 0.2) is 53.4 Å². The van der Waals surface area contributed by atoms with Crippen molar-refractivity contribution in [1.29, 1.82) is 0 Å². The lowest BCUT2D eigenvalue weighted by atomic mass is 10.1. The molecule has 0 heterocycles. The quantitative estimate of drug-likeness (QED) is 0.851. The summed E-state index contributed by atoms with van der Waals surface area (Å²) in [5, 5.41) is 0.612. The summed E-state index contributed by atoms with van der Waals surface area (Å²) < 4.78 is 30.6. The maximum absolute atomic E-state index is 10.9. The average Bonchev–Trinajstić information content (AvgIpc) is 2.28. The first-order chi connectivity index (χ1) is 7.97. The van der Waals surface area contributed by atoms with Gasteiger partial charge in [0, 0.05) is 5.02 Å². The molecular weight excluding hydrogens is 260 g/mol. The summed E-state index contributed by atoms with van der Waals surface area (Å²) in [5.41, 5.74) is 1.72. The summed E-state index contributed by atoms with van der Waals surface area (Å²) in [4.78, 5) is -0.122. The van der Waals surface area contributed by atoms with Gasteiger partial charge in [-0.15, -0.1) is 0 Å². The molecule has 0 amide bonds. The van der Waals surface area contributed by atoms with Crippen molar-refractivity contribution in [2.24, 2.45) is 0 Å². The molecular formula is C12H9ClO3S. The van der Waals surface area contributed by atoms with Gasteiger partial charge in [0.2, 0.25) is 0 Å². The van der Waals surface area contributed by atoms with Gasteiger partial charge in [-0.05, 0) is 35.4 Å². The second-order valence-electron chi connectivity index (χ2n) is 3.51. The van der Waals surface area contributed by atoms with Crippen LogP contribution < -0.4 is 0 Å². The summed E-state index contributed by atoms with van der Waals surface area (Å²) >= 11 is 5.86. The van der Waals surface area contributed by atoms with Gasteiger partial charge in [0.15, 0.2) is 0 Å². The lowest BCUT2D eigenvalue weighted by molar-refractivity contribution is 0.483. The molecule has 0 radical (unpaired) electrons. The highest BCUT2D eigenvalue weighted by Gasteiger charge is 2.08. The molecule has 5 heteroatoms. The lowest BCUT2D eigenvalue weighted by Gasteiger charge is -2.03. The zero-order valence-electron chi connectivity index (χ0n) is 8.67. The van der Waals surface area contributed by atoms with Gasteiger partial charge in [0.25, 0.3) is 10.1 Å². The maximum Gasteiger partial charge on any atom is 0.294 e. The standard InChI is InChI=1S/C12H9ClO3S/c13-11-3-1-2-10(8-11)9-4-6-12(7-5-9)17(14,15)16/h1-8H,(H,14,15,16). The van der Waals surface area contributed by atoms with Gasteiger partial charge in [-0.3, -0.25) is 4.55 Å². The van der Waals surface area contributed by atoms with Crippen molar-refractivity contribution in [2.45, 2.75) is 4.90 Å². The Morgan fingerprint density at radius 3 is 2.12 bits per heavy atom. The van der Waals surface area contributed by atoms with Gasteiger partial charge in [-0.2, -0.15) is 8.42 Å². The third-order valence-electron chi connectivity index (χ3n) is 2.31.